The fourth-order valence-electron chi connectivity index (χ4n) is 3.55. The van der Waals surface area contributed by atoms with E-state index in [1.54, 1.807) is 0 Å². The molecule has 0 saturated carbocycles. The first-order valence-electron chi connectivity index (χ1n) is 10.7. The van der Waals surface area contributed by atoms with E-state index in [2.05, 4.69) is 97.9 Å². The van der Waals surface area contributed by atoms with Crippen LogP contribution in [0.25, 0.3) is 0 Å². The summed E-state index contributed by atoms with van der Waals surface area (Å²) in [5.41, 5.74) is 7.61. The molecule has 0 aliphatic rings. The SMILES string of the molecule is CCc1cccc(N=Cc2ccccc2C[CH2][Al]([CH2]C)[NH]c2ccccc2C)c1. The van der Waals surface area contributed by atoms with Crippen LogP contribution in [-0.4, -0.2) is 20.6 Å². The molecule has 3 heteroatoms. The summed E-state index contributed by atoms with van der Waals surface area (Å²) in [5, 5.41) is 2.48. The van der Waals surface area contributed by atoms with E-state index in [4.69, 9.17) is 4.99 Å². The number of anilines is 1. The molecule has 0 atom stereocenters. The van der Waals surface area contributed by atoms with Crippen LogP contribution in [0.1, 0.15) is 36.1 Å². The largest absolute Gasteiger partial charge is 0.476 e. The van der Waals surface area contributed by atoms with Crippen LogP contribution in [0.4, 0.5) is 11.4 Å². The number of hydrogen-bond donors (Lipinski definition) is 1. The smallest absolute Gasteiger partial charge is 0.411 e. The average molecular weight is 399 g/mol. The number of aryl methyl sites for hydroxylation is 3. The first kappa shape index (κ1) is 21.4. The van der Waals surface area contributed by atoms with Crippen LogP contribution in [0, 0.1) is 6.92 Å². The monoisotopic (exact) mass is 398 g/mol. The predicted molar refractivity (Wildman–Crippen MR) is 129 cm³/mol. The molecule has 0 unspecified atom stereocenters. The summed E-state index contributed by atoms with van der Waals surface area (Å²) in [7, 11) is 0. The molecule has 0 bridgehead atoms. The zero-order chi connectivity index (χ0) is 20.5. The molecule has 0 radical (unpaired) electrons. The lowest BCUT2D eigenvalue weighted by Gasteiger charge is -2.16. The van der Waals surface area contributed by atoms with Gasteiger partial charge in [-0.25, -0.2) is 0 Å². The topological polar surface area (TPSA) is 24.4 Å². The number of rotatable bonds is 9. The Morgan fingerprint density at radius 1 is 0.931 bits per heavy atom. The van der Waals surface area contributed by atoms with Crippen LogP contribution in [0.15, 0.2) is 77.8 Å². The summed E-state index contributed by atoms with van der Waals surface area (Å²) in [6, 6.07) is 25.8. The highest BCUT2D eigenvalue weighted by Crippen LogP contribution is 2.19. The Bertz CT molecular complexity index is 949. The van der Waals surface area contributed by atoms with Gasteiger partial charge in [-0.05, 0) is 60.2 Å². The molecule has 0 spiro atoms. The molecule has 3 rings (SSSR count). The molecule has 1 N–H and O–H groups in total. The van der Waals surface area contributed by atoms with Gasteiger partial charge in [0.15, 0.2) is 0 Å². The van der Waals surface area contributed by atoms with Crippen molar-refractivity contribution >= 4 is 32.0 Å². The Morgan fingerprint density at radius 2 is 1.72 bits per heavy atom. The highest BCUT2D eigenvalue weighted by Gasteiger charge is 2.17. The molecule has 0 amide bonds. The average Bonchev–Trinajstić information content (AvgIpc) is 2.77. The van der Waals surface area contributed by atoms with Crippen molar-refractivity contribution in [1.29, 1.82) is 0 Å². The summed E-state index contributed by atoms with van der Waals surface area (Å²) in [6.07, 6.45) is 4.17. The molecule has 148 valence electrons. The lowest BCUT2D eigenvalue weighted by atomic mass is 10.1. The number of para-hydroxylation sites is 1. The molecule has 3 aromatic carbocycles. The summed E-state index contributed by atoms with van der Waals surface area (Å²) >= 11 is -1.04. The summed E-state index contributed by atoms with van der Waals surface area (Å²) in [4.78, 5) is 4.74. The van der Waals surface area contributed by atoms with Gasteiger partial charge in [0.05, 0.1) is 5.69 Å². The lowest BCUT2D eigenvalue weighted by Crippen LogP contribution is -2.24. The van der Waals surface area contributed by atoms with Crippen molar-refractivity contribution in [2.45, 2.75) is 44.2 Å². The van der Waals surface area contributed by atoms with Gasteiger partial charge in [0.25, 0.3) is 0 Å². The number of benzene rings is 3. The summed E-state index contributed by atoms with van der Waals surface area (Å²) < 4.78 is 3.86. The quantitative estimate of drug-likeness (QED) is 0.305. The van der Waals surface area contributed by atoms with Crippen molar-refractivity contribution in [2.24, 2.45) is 4.99 Å². The van der Waals surface area contributed by atoms with Crippen molar-refractivity contribution in [3.8, 4) is 0 Å². The minimum Gasteiger partial charge on any atom is -0.476 e. The second-order valence-electron chi connectivity index (χ2n) is 7.58. The Morgan fingerprint density at radius 3 is 2.52 bits per heavy atom. The standard InChI is InChI=1S/C17H18N.C7H8N.C2H5.Al/c1-3-14-8-7-11-17(12-14)18-13-16-10-6-5-9-15(16)4-2;1-6-4-2-3-5-7(6)8;1-2;/h5-13H,2-4H2,1H3;2-5,8H,1H3;1H2,2H3;/q;-1;;+1. The van der Waals surface area contributed by atoms with Crippen molar-refractivity contribution < 1.29 is 0 Å². The minimum atomic E-state index is -1.04. The highest BCUT2D eigenvalue weighted by atomic mass is 27.2. The van der Waals surface area contributed by atoms with Crippen LogP contribution in [0.3, 0.4) is 0 Å². The second kappa shape index (κ2) is 11.0. The Labute approximate surface area is 180 Å². The molecule has 0 fully saturated rings. The molecule has 3 aromatic rings. The number of aliphatic imine (C=N–C) groups is 1. The predicted octanol–water partition coefficient (Wildman–Crippen LogP) is 6.97. The molecular formula is C26H31AlN2. The summed E-state index contributed by atoms with van der Waals surface area (Å²) in [5.74, 6) is 0. The molecule has 0 aromatic heterocycles. The van der Waals surface area contributed by atoms with Gasteiger partial charge in [0.1, 0.15) is 0 Å². The third-order valence-electron chi connectivity index (χ3n) is 5.49. The third-order valence-corrected chi connectivity index (χ3v) is 8.18. The van der Waals surface area contributed by atoms with Gasteiger partial charge in [0.2, 0.25) is 0 Å². The second-order valence-corrected chi connectivity index (χ2v) is 10.7. The molecule has 2 nitrogen and oxygen atoms in total. The number of nitrogens with one attached hydrogen (secondary N) is 1. The van der Waals surface area contributed by atoms with Crippen LogP contribution in [-0.2, 0) is 12.8 Å². The maximum absolute atomic E-state index is 4.74. The van der Waals surface area contributed by atoms with Crippen molar-refractivity contribution in [3.63, 3.8) is 0 Å². The number of hydrogen-bond acceptors (Lipinski definition) is 2. The number of nitrogens with zero attached hydrogens (tertiary/aromatic N) is 1. The van der Waals surface area contributed by atoms with Crippen LogP contribution in [0.2, 0.25) is 10.6 Å². The molecule has 0 saturated heterocycles. The van der Waals surface area contributed by atoms with Crippen LogP contribution < -0.4 is 4.30 Å². The van der Waals surface area contributed by atoms with E-state index in [0.29, 0.717) is 0 Å². The van der Waals surface area contributed by atoms with Crippen LogP contribution >= 0.6 is 0 Å². The maximum Gasteiger partial charge on any atom is 0.411 e. The molecule has 0 aliphatic carbocycles. The van der Waals surface area contributed by atoms with Crippen molar-refractivity contribution in [2.75, 3.05) is 4.30 Å². The molecule has 0 aliphatic heterocycles. The van der Waals surface area contributed by atoms with Gasteiger partial charge in [-0.1, -0.05) is 79.0 Å². The zero-order valence-corrected chi connectivity index (χ0v) is 19.0. The third kappa shape index (κ3) is 6.33. The lowest BCUT2D eigenvalue weighted by molar-refractivity contribution is 1.09. The first-order valence-corrected chi connectivity index (χ1v) is 12.9. The minimum absolute atomic E-state index is 1.03. The Balaban J connectivity index is 1.68. The molecular weight excluding hydrogens is 367 g/mol. The van der Waals surface area contributed by atoms with Gasteiger partial charge >= 0.3 is 14.4 Å². The fourth-order valence-corrected chi connectivity index (χ4v) is 5.73. The fraction of sp³-hybridized carbons (Fsp3) is 0.269. The Hall–Kier alpha value is -2.34. The normalized spacial score (nSPS) is 11.0. The zero-order valence-electron chi connectivity index (χ0n) is 17.9. The van der Waals surface area contributed by atoms with Gasteiger partial charge in [-0.2, -0.15) is 0 Å². The van der Waals surface area contributed by atoms with Crippen molar-refractivity contribution in [1.82, 2.24) is 0 Å². The van der Waals surface area contributed by atoms with E-state index in [0.717, 1.165) is 18.5 Å². The first-order chi connectivity index (χ1) is 14.2. The van der Waals surface area contributed by atoms with Gasteiger partial charge in [0, 0.05) is 11.9 Å². The molecule has 29 heavy (non-hydrogen) atoms. The highest BCUT2D eigenvalue weighted by molar-refractivity contribution is 6.62. The molecule has 0 heterocycles. The summed E-state index contributed by atoms with van der Waals surface area (Å²) in [6.45, 7) is 6.68. The maximum atomic E-state index is 4.74. The van der Waals surface area contributed by atoms with E-state index in [1.165, 1.54) is 38.5 Å². The van der Waals surface area contributed by atoms with Crippen LogP contribution in [0.5, 0.6) is 0 Å². The van der Waals surface area contributed by atoms with E-state index in [-0.39, 0.29) is 0 Å². The van der Waals surface area contributed by atoms with Gasteiger partial charge in [-0.15, -0.1) is 0 Å². The van der Waals surface area contributed by atoms with E-state index >= 15 is 0 Å². The van der Waals surface area contributed by atoms with Gasteiger partial charge in [-0.3, -0.25) is 4.99 Å². The van der Waals surface area contributed by atoms with E-state index in [1.807, 2.05) is 6.21 Å². The van der Waals surface area contributed by atoms with Crippen molar-refractivity contribution in [3.05, 3.63) is 95.1 Å². The van der Waals surface area contributed by atoms with E-state index < -0.39 is 14.4 Å². The van der Waals surface area contributed by atoms with Gasteiger partial charge < -0.3 is 4.30 Å². The van der Waals surface area contributed by atoms with E-state index in [9.17, 15) is 0 Å². The Kier molecular flexibility index (Phi) is 8.11.